The Hall–Kier alpha value is -2.66. The summed E-state index contributed by atoms with van der Waals surface area (Å²) in [7, 11) is -3.29. The monoisotopic (exact) mass is 466 g/mol. The molecule has 2 aliphatic rings. The number of sulfone groups is 1. The third kappa shape index (κ3) is 4.88. The van der Waals surface area contributed by atoms with Gasteiger partial charge in [0.15, 0.2) is 21.5 Å². The van der Waals surface area contributed by atoms with E-state index in [4.69, 9.17) is 4.74 Å². The van der Waals surface area contributed by atoms with Crippen LogP contribution in [0.4, 0.5) is 20.7 Å². The molecule has 2 heterocycles. The molecule has 0 radical (unpaired) electrons. The van der Waals surface area contributed by atoms with E-state index in [-0.39, 0.29) is 41.4 Å². The summed E-state index contributed by atoms with van der Waals surface area (Å²) < 4.78 is 43.8. The molecule has 1 aromatic heterocycles. The van der Waals surface area contributed by atoms with Crippen LogP contribution >= 0.6 is 0 Å². The summed E-state index contributed by atoms with van der Waals surface area (Å²) in [5.41, 5.74) is 0.979. The van der Waals surface area contributed by atoms with Crippen molar-refractivity contribution in [3.05, 3.63) is 40.8 Å². The number of aromatic nitrogens is 2. The fraction of sp³-hybridized carbons (Fsp3) is 0.524. The molecule has 4 N–H and O–H groups in total. The minimum atomic E-state index is -3.29. The van der Waals surface area contributed by atoms with Crippen LogP contribution in [0.3, 0.4) is 0 Å². The van der Waals surface area contributed by atoms with E-state index in [1.165, 1.54) is 6.07 Å². The van der Waals surface area contributed by atoms with Crippen LogP contribution in [0, 0.1) is 5.82 Å². The number of nitrogens with zero attached hydrogens (tertiary/aromatic N) is 1. The number of carbonyl (C=O) groups is 1. The number of H-pyrrole nitrogens is 1. The zero-order chi connectivity index (χ0) is 23.1. The van der Waals surface area contributed by atoms with Crippen molar-refractivity contribution in [2.75, 3.05) is 11.9 Å². The van der Waals surface area contributed by atoms with E-state index < -0.39 is 27.3 Å². The Morgan fingerprint density at radius 3 is 2.88 bits per heavy atom. The molecule has 1 saturated carbocycles. The number of rotatable bonds is 6. The summed E-state index contributed by atoms with van der Waals surface area (Å²) >= 11 is 0. The van der Waals surface area contributed by atoms with Crippen LogP contribution in [0.1, 0.15) is 55.8 Å². The number of ether oxygens (including phenoxy) is 1. The zero-order valence-electron chi connectivity index (χ0n) is 17.9. The lowest BCUT2D eigenvalue weighted by Gasteiger charge is -2.24. The van der Waals surface area contributed by atoms with Crippen LogP contribution in [0.5, 0.6) is 0 Å². The second-order valence-electron chi connectivity index (χ2n) is 9.13. The Morgan fingerprint density at radius 1 is 1.34 bits per heavy atom. The van der Waals surface area contributed by atoms with Crippen molar-refractivity contribution in [3.63, 3.8) is 0 Å². The minimum absolute atomic E-state index is 0.108. The summed E-state index contributed by atoms with van der Waals surface area (Å²) in [5.74, 6) is -0.461. The molecule has 32 heavy (non-hydrogen) atoms. The number of aliphatic hydroxyl groups excluding tert-OH is 1. The Morgan fingerprint density at radius 2 is 2.12 bits per heavy atom. The summed E-state index contributed by atoms with van der Waals surface area (Å²) in [6.45, 7) is 3.21. The smallest absolute Gasteiger partial charge is 0.407 e. The molecule has 1 aromatic carbocycles. The van der Waals surface area contributed by atoms with Gasteiger partial charge in [0.05, 0.1) is 29.3 Å². The molecule has 1 fully saturated rings. The number of fused-ring (bicyclic) bond motifs is 1. The molecule has 174 valence electrons. The van der Waals surface area contributed by atoms with Gasteiger partial charge in [-0.2, -0.15) is 5.10 Å². The average Bonchev–Trinajstić information content (AvgIpc) is 3.42. The molecule has 4 rings (SSSR count). The number of carbonyl (C=O) groups excluding carboxylic acids is 1. The lowest BCUT2D eigenvalue weighted by molar-refractivity contribution is 0.0847. The van der Waals surface area contributed by atoms with Gasteiger partial charge < -0.3 is 20.5 Å². The van der Waals surface area contributed by atoms with Gasteiger partial charge >= 0.3 is 6.09 Å². The van der Waals surface area contributed by atoms with Gasteiger partial charge in [-0.3, -0.25) is 5.10 Å². The summed E-state index contributed by atoms with van der Waals surface area (Å²) in [5, 5.41) is 22.0. The van der Waals surface area contributed by atoms with Gasteiger partial charge in [-0.25, -0.2) is 17.6 Å². The summed E-state index contributed by atoms with van der Waals surface area (Å²) in [6, 6.07) is 4.93. The number of amides is 1. The van der Waals surface area contributed by atoms with Gasteiger partial charge in [0.25, 0.3) is 0 Å². The maximum Gasteiger partial charge on any atom is 0.407 e. The fourth-order valence-electron chi connectivity index (χ4n) is 4.13. The average molecular weight is 467 g/mol. The zero-order valence-corrected chi connectivity index (χ0v) is 18.8. The van der Waals surface area contributed by atoms with E-state index in [0.717, 1.165) is 12.1 Å². The van der Waals surface area contributed by atoms with Crippen molar-refractivity contribution >= 4 is 27.4 Å². The van der Waals surface area contributed by atoms with E-state index in [1.807, 2.05) is 0 Å². The molecule has 0 saturated heterocycles. The fourth-order valence-corrected chi connectivity index (χ4v) is 5.73. The molecular formula is C21H27FN4O5S. The molecule has 1 aliphatic heterocycles. The first-order valence-electron chi connectivity index (χ1n) is 10.5. The number of aliphatic hydroxyl groups is 1. The summed E-state index contributed by atoms with van der Waals surface area (Å²) in [6.07, 6.45) is 1.32. The predicted octanol–water partition coefficient (Wildman–Crippen LogP) is 2.85. The van der Waals surface area contributed by atoms with Crippen molar-refractivity contribution in [1.29, 1.82) is 0 Å². The molecule has 0 unspecified atom stereocenters. The highest BCUT2D eigenvalue weighted by atomic mass is 32.2. The second-order valence-corrected chi connectivity index (χ2v) is 11.2. The number of alkyl carbamates (subject to hydrolysis) is 1. The Bertz CT molecular complexity index is 1130. The highest BCUT2D eigenvalue weighted by Crippen LogP contribution is 2.37. The van der Waals surface area contributed by atoms with Crippen LogP contribution < -0.4 is 10.6 Å². The number of aromatic amines is 1. The molecule has 11 heteroatoms. The van der Waals surface area contributed by atoms with E-state index in [2.05, 4.69) is 20.8 Å². The third-order valence-corrected chi connectivity index (χ3v) is 7.35. The molecule has 9 nitrogen and oxygen atoms in total. The van der Waals surface area contributed by atoms with E-state index in [9.17, 15) is 22.7 Å². The van der Waals surface area contributed by atoms with E-state index in [1.54, 1.807) is 26.0 Å². The van der Waals surface area contributed by atoms with Crippen molar-refractivity contribution in [2.24, 2.45) is 0 Å². The van der Waals surface area contributed by atoms with Gasteiger partial charge in [-0.1, -0.05) is 6.07 Å². The van der Waals surface area contributed by atoms with Crippen LogP contribution in [-0.2, 0) is 26.1 Å². The van der Waals surface area contributed by atoms with Crippen molar-refractivity contribution in [1.82, 2.24) is 15.5 Å². The van der Waals surface area contributed by atoms with Crippen LogP contribution in [0.2, 0.25) is 0 Å². The topological polar surface area (TPSA) is 133 Å². The quantitative estimate of drug-likeness (QED) is 0.514. The Labute approximate surface area is 185 Å². The number of anilines is 2. The van der Waals surface area contributed by atoms with Crippen molar-refractivity contribution in [2.45, 2.75) is 62.2 Å². The molecule has 1 amide bonds. The third-order valence-electron chi connectivity index (χ3n) is 5.87. The standard InChI is InChI=1S/C21H27FN4O5S/c1-21(2,11-27)24-20(28)31-14-5-3-12(7-14)17-8-18(26-25-17)23-16-6-4-13-9-32(29,30)10-15(13)19(16)22/h4,6,8,12,14,27H,3,5,7,9-11H2,1-2H3,(H,24,28)(H2,23,25,26)/t12-,14+/m1/s1. The molecule has 2 aromatic rings. The number of hydrogen-bond acceptors (Lipinski definition) is 7. The van der Waals surface area contributed by atoms with Crippen molar-refractivity contribution < 1.29 is 27.4 Å². The molecule has 2 atom stereocenters. The SMILES string of the molecule is CC(C)(CO)NC(=O)O[C@H]1CC[C@@H](c2cc(Nc3ccc4c(c3F)CS(=O)(=O)C4)n[nH]2)C1. The maximum atomic E-state index is 14.8. The predicted molar refractivity (Wildman–Crippen MR) is 116 cm³/mol. The van der Waals surface area contributed by atoms with Crippen LogP contribution in [-0.4, -0.2) is 48.1 Å². The molecular weight excluding hydrogens is 439 g/mol. The first-order chi connectivity index (χ1) is 15.0. The maximum absolute atomic E-state index is 14.8. The van der Waals surface area contributed by atoms with E-state index >= 15 is 0 Å². The van der Waals surface area contributed by atoms with Crippen LogP contribution in [0.15, 0.2) is 18.2 Å². The van der Waals surface area contributed by atoms with Gasteiger partial charge in [-0.15, -0.1) is 0 Å². The Kier molecular flexibility index (Phi) is 5.89. The van der Waals surface area contributed by atoms with Gasteiger partial charge in [0.1, 0.15) is 6.10 Å². The van der Waals surface area contributed by atoms with Gasteiger partial charge in [0, 0.05) is 23.2 Å². The Balaban J connectivity index is 1.37. The lowest BCUT2D eigenvalue weighted by atomic mass is 10.0. The number of halogens is 1. The highest BCUT2D eigenvalue weighted by molar-refractivity contribution is 7.90. The second kappa shape index (κ2) is 8.36. The van der Waals surface area contributed by atoms with Crippen LogP contribution in [0.25, 0.3) is 0 Å². The van der Waals surface area contributed by atoms with Crippen molar-refractivity contribution in [3.8, 4) is 0 Å². The number of benzene rings is 1. The number of hydrogen-bond donors (Lipinski definition) is 4. The number of nitrogens with one attached hydrogen (secondary N) is 3. The van der Waals surface area contributed by atoms with Gasteiger partial charge in [0.2, 0.25) is 0 Å². The minimum Gasteiger partial charge on any atom is -0.446 e. The lowest BCUT2D eigenvalue weighted by Crippen LogP contribution is -2.47. The summed E-state index contributed by atoms with van der Waals surface area (Å²) in [4.78, 5) is 12.0. The van der Waals surface area contributed by atoms with E-state index in [0.29, 0.717) is 24.2 Å². The first kappa shape index (κ1) is 22.5. The van der Waals surface area contributed by atoms with Gasteiger partial charge in [-0.05, 0) is 44.7 Å². The normalized spacial score (nSPS) is 21.9. The molecule has 0 bridgehead atoms. The highest BCUT2D eigenvalue weighted by Gasteiger charge is 2.32. The molecule has 1 aliphatic carbocycles. The molecule has 0 spiro atoms. The largest absolute Gasteiger partial charge is 0.446 e. The first-order valence-corrected chi connectivity index (χ1v) is 12.3.